The number of aliphatic carboxylic acids is 1. The maximum Gasteiger partial charge on any atom is 0.332 e. The average molecular weight is 168 g/mol. The fraction of sp³-hybridized carbons (Fsp3) is 0.143. The molecule has 0 saturated heterocycles. The van der Waals surface area contributed by atoms with E-state index in [1.165, 1.54) is 0 Å². The van der Waals surface area contributed by atoms with E-state index >= 15 is 0 Å². The molecule has 5 nitrogen and oxygen atoms in total. The smallest absolute Gasteiger partial charge is 0.332 e. The molecule has 1 aromatic heterocycles. The molecule has 0 radical (unpaired) electrons. The van der Waals surface area contributed by atoms with Gasteiger partial charge in [-0.1, -0.05) is 0 Å². The molecule has 0 aliphatic carbocycles. The summed E-state index contributed by atoms with van der Waals surface area (Å²) in [4.78, 5) is 18.4. The van der Waals surface area contributed by atoms with Gasteiger partial charge in [0.1, 0.15) is 0 Å². The monoisotopic (exact) mass is 168 g/mol. The van der Waals surface area contributed by atoms with Crippen LogP contribution in [0.2, 0.25) is 0 Å². The molecule has 64 valence electrons. The fourth-order valence-electron chi connectivity index (χ4n) is 0.601. The van der Waals surface area contributed by atoms with E-state index in [1.54, 1.807) is 24.5 Å². The summed E-state index contributed by atoms with van der Waals surface area (Å²) in [7, 11) is 0. The highest BCUT2D eigenvalue weighted by molar-refractivity contribution is 5.68. The van der Waals surface area contributed by atoms with E-state index < -0.39 is 5.97 Å². The molecule has 12 heavy (non-hydrogen) atoms. The lowest BCUT2D eigenvalue weighted by atomic mass is 10.4. The minimum absolute atomic E-state index is 0.373. The van der Waals surface area contributed by atoms with Crippen molar-refractivity contribution < 1.29 is 14.7 Å². The number of nitrogens with zero attached hydrogens (tertiary/aromatic N) is 1. The topological polar surface area (TPSA) is 71.5 Å². The van der Waals surface area contributed by atoms with Crippen LogP contribution in [0, 0.1) is 0 Å². The predicted octanol–water partition coefficient (Wildman–Crippen LogP) is 0.510. The second kappa shape index (κ2) is 4.30. The van der Waals surface area contributed by atoms with E-state index in [1.807, 2.05) is 0 Å². The summed E-state index contributed by atoms with van der Waals surface area (Å²) in [6.07, 6.45) is 3.15. The van der Waals surface area contributed by atoms with Crippen LogP contribution in [0.4, 0.5) is 5.69 Å². The number of carboxylic acid groups (broad SMARTS) is 1. The average Bonchev–Trinajstić information content (AvgIpc) is 2.05. The molecule has 1 rings (SSSR count). The number of rotatable bonds is 4. The minimum atomic E-state index is -1.02. The number of carboxylic acids is 1. The Kier molecular flexibility index (Phi) is 3.04. The molecule has 0 unspecified atom stereocenters. The summed E-state index contributed by atoms with van der Waals surface area (Å²) < 4.78 is 0. The zero-order chi connectivity index (χ0) is 8.81. The molecule has 5 heteroatoms. The van der Waals surface area contributed by atoms with Crippen LogP contribution in [0.25, 0.3) is 0 Å². The third-order valence-corrected chi connectivity index (χ3v) is 1.07. The van der Waals surface area contributed by atoms with Gasteiger partial charge in [0.15, 0.2) is 6.61 Å². The second-order valence-electron chi connectivity index (χ2n) is 2.02. The van der Waals surface area contributed by atoms with Gasteiger partial charge in [-0.3, -0.25) is 15.3 Å². The lowest BCUT2D eigenvalue weighted by Gasteiger charge is -2.02. The van der Waals surface area contributed by atoms with E-state index in [0.717, 1.165) is 0 Å². The van der Waals surface area contributed by atoms with Crippen LogP contribution in [-0.4, -0.2) is 22.7 Å². The largest absolute Gasteiger partial charge is 0.479 e. The van der Waals surface area contributed by atoms with Crippen molar-refractivity contribution in [2.24, 2.45) is 0 Å². The van der Waals surface area contributed by atoms with Crippen molar-refractivity contribution >= 4 is 11.7 Å². The Morgan fingerprint density at radius 3 is 2.83 bits per heavy atom. The van der Waals surface area contributed by atoms with Gasteiger partial charge >= 0.3 is 5.97 Å². The van der Waals surface area contributed by atoms with E-state index in [0.29, 0.717) is 5.69 Å². The quantitative estimate of drug-likeness (QED) is 0.641. The highest BCUT2D eigenvalue weighted by atomic mass is 16.7. The first-order valence-corrected chi connectivity index (χ1v) is 3.28. The van der Waals surface area contributed by atoms with Crippen molar-refractivity contribution in [2.45, 2.75) is 0 Å². The lowest BCUT2D eigenvalue weighted by molar-refractivity contribution is -0.141. The summed E-state index contributed by atoms with van der Waals surface area (Å²) in [5.74, 6) is -1.02. The van der Waals surface area contributed by atoms with E-state index in [9.17, 15) is 4.79 Å². The molecule has 0 saturated carbocycles. The highest BCUT2D eigenvalue weighted by Gasteiger charge is 1.95. The molecule has 1 heterocycles. The van der Waals surface area contributed by atoms with E-state index in [4.69, 9.17) is 5.11 Å². The standard InChI is InChI=1S/C7H8N2O3/c10-7(11)5-12-9-6-1-3-8-4-2-6/h1-4H,5H2,(H,8,9)(H,10,11). The molecule has 0 atom stereocenters. The minimum Gasteiger partial charge on any atom is -0.479 e. The first-order chi connectivity index (χ1) is 5.79. The Labute approximate surface area is 69.0 Å². The molecule has 0 aromatic carbocycles. The summed E-state index contributed by atoms with van der Waals surface area (Å²) in [6, 6.07) is 3.34. The molecular weight excluding hydrogens is 160 g/mol. The van der Waals surface area contributed by atoms with Crippen molar-refractivity contribution in [1.82, 2.24) is 4.98 Å². The molecule has 0 aliphatic heterocycles. The Bertz CT molecular complexity index is 250. The first kappa shape index (κ1) is 8.48. The van der Waals surface area contributed by atoms with Gasteiger partial charge in [0.05, 0.1) is 5.69 Å². The summed E-state index contributed by atoms with van der Waals surface area (Å²) in [5, 5.41) is 8.21. The van der Waals surface area contributed by atoms with Gasteiger partial charge in [-0.15, -0.1) is 0 Å². The predicted molar refractivity (Wildman–Crippen MR) is 41.4 cm³/mol. The van der Waals surface area contributed by atoms with Crippen molar-refractivity contribution in [1.29, 1.82) is 0 Å². The molecular formula is C7H8N2O3. The number of hydrogen-bond acceptors (Lipinski definition) is 4. The zero-order valence-corrected chi connectivity index (χ0v) is 6.23. The second-order valence-corrected chi connectivity index (χ2v) is 2.02. The van der Waals surface area contributed by atoms with Crippen molar-refractivity contribution in [3.05, 3.63) is 24.5 Å². The van der Waals surface area contributed by atoms with Crippen molar-refractivity contribution in [3.8, 4) is 0 Å². The van der Waals surface area contributed by atoms with E-state index in [2.05, 4.69) is 15.3 Å². The van der Waals surface area contributed by atoms with Crippen molar-refractivity contribution in [3.63, 3.8) is 0 Å². The van der Waals surface area contributed by atoms with Crippen LogP contribution in [-0.2, 0) is 9.63 Å². The molecule has 0 spiro atoms. The SMILES string of the molecule is O=C(O)CONc1ccncc1. The van der Waals surface area contributed by atoms with Gasteiger partial charge in [-0.25, -0.2) is 4.79 Å². The normalized spacial score (nSPS) is 9.33. The first-order valence-electron chi connectivity index (χ1n) is 3.28. The van der Waals surface area contributed by atoms with E-state index in [-0.39, 0.29) is 6.61 Å². The van der Waals surface area contributed by atoms with Gasteiger partial charge in [-0.05, 0) is 12.1 Å². The van der Waals surface area contributed by atoms with Gasteiger partial charge < -0.3 is 5.11 Å². The van der Waals surface area contributed by atoms with Gasteiger partial charge in [0.25, 0.3) is 0 Å². The lowest BCUT2D eigenvalue weighted by Crippen LogP contribution is -2.11. The number of carbonyl (C=O) groups is 1. The summed E-state index contributed by atoms with van der Waals surface area (Å²) in [5.41, 5.74) is 3.13. The highest BCUT2D eigenvalue weighted by Crippen LogP contribution is 2.01. The fourth-order valence-corrected chi connectivity index (χ4v) is 0.601. The molecule has 2 N–H and O–H groups in total. The molecule has 0 bridgehead atoms. The molecule has 1 aromatic rings. The maximum absolute atomic E-state index is 10.0. The van der Waals surface area contributed by atoms with Crippen LogP contribution in [0.1, 0.15) is 0 Å². The number of aromatic nitrogens is 1. The van der Waals surface area contributed by atoms with Crippen LogP contribution >= 0.6 is 0 Å². The Morgan fingerprint density at radius 2 is 2.25 bits per heavy atom. The number of anilines is 1. The van der Waals surface area contributed by atoms with Crippen LogP contribution < -0.4 is 5.48 Å². The number of nitrogens with one attached hydrogen (secondary N) is 1. The van der Waals surface area contributed by atoms with Crippen molar-refractivity contribution in [2.75, 3.05) is 12.1 Å². The maximum atomic E-state index is 10.0. The van der Waals surface area contributed by atoms with Gasteiger partial charge in [0, 0.05) is 12.4 Å². The van der Waals surface area contributed by atoms with Crippen LogP contribution in [0.5, 0.6) is 0 Å². The zero-order valence-electron chi connectivity index (χ0n) is 6.23. The summed E-state index contributed by atoms with van der Waals surface area (Å²) in [6.45, 7) is -0.373. The Morgan fingerprint density at radius 1 is 1.58 bits per heavy atom. The molecule has 0 amide bonds. The Balaban J connectivity index is 2.29. The van der Waals surface area contributed by atoms with Crippen LogP contribution in [0.15, 0.2) is 24.5 Å². The molecule has 0 aliphatic rings. The van der Waals surface area contributed by atoms with Crippen LogP contribution in [0.3, 0.4) is 0 Å². The number of pyridine rings is 1. The van der Waals surface area contributed by atoms with Gasteiger partial charge in [0.2, 0.25) is 0 Å². The Hall–Kier alpha value is -1.62. The number of hydrogen-bond donors (Lipinski definition) is 2. The molecule has 0 fully saturated rings. The summed E-state index contributed by atoms with van der Waals surface area (Å²) >= 11 is 0. The third kappa shape index (κ3) is 2.98. The third-order valence-electron chi connectivity index (χ3n) is 1.07. The van der Waals surface area contributed by atoms with Gasteiger partial charge in [-0.2, -0.15) is 0 Å².